The van der Waals surface area contributed by atoms with E-state index in [1.807, 2.05) is 36.4 Å². The van der Waals surface area contributed by atoms with Crippen LogP contribution in [0.5, 0.6) is 0 Å². The molecule has 1 spiro atoms. The first-order valence-electron chi connectivity index (χ1n) is 7.94. The number of aromatic nitrogens is 2. The molecule has 2 saturated heterocycles. The van der Waals surface area contributed by atoms with Gasteiger partial charge in [0.2, 0.25) is 0 Å². The predicted octanol–water partition coefficient (Wildman–Crippen LogP) is 3.09. The van der Waals surface area contributed by atoms with Gasteiger partial charge in [0, 0.05) is 19.1 Å². The number of hydrogen-bond donors (Lipinski definition) is 0. The fourth-order valence-electron chi connectivity index (χ4n) is 3.54. The maximum atomic E-state index is 12.9. The van der Waals surface area contributed by atoms with Crippen molar-refractivity contribution >= 4 is 17.5 Å². The molecule has 1 unspecified atom stereocenters. The van der Waals surface area contributed by atoms with Crippen molar-refractivity contribution in [2.75, 3.05) is 18.1 Å². The molecule has 21 heavy (non-hydrogen) atoms. The van der Waals surface area contributed by atoms with E-state index in [2.05, 4.69) is 5.10 Å². The summed E-state index contributed by atoms with van der Waals surface area (Å²) in [7, 11) is 0. The highest BCUT2D eigenvalue weighted by Gasteiger charge is 2.41. The number of carbonyl (C=O) groups is 1. The van der Waals surface area contributed by atoms with Crippen LogP contribution in [0, 0.1) is 12.8 Å². The summed E-state index contributed by atoms with van der Waals surface area (Å²) >= 11 is 2.00. The monoisotopic (exact) mass is 308 g/mol. The standard InChI is InChI=1S/C16H24N2O2S/c1-3-18-14(10-12(2)17-18)15(19)13-4-7-20-16(11-13)5-8-21-9-6-16/h10,13H,3-9,11H2,1-2H3. The van der Waals surface area contributed by atoms with Gasteiger partial charge in [-0.3, -0.25) is 9.48 Å². The van der Waals surface area contributed by atoms with E-state index in [-0.39, 0.29) is 17.3 Å². The molecule has 0 aromatic carbocycles. The Hall–Kier alpha value is -0.810. The fourth-order valence-corrected chi connectivity index (χ4v) is 4.77. The lowest BCUT2D eigenvalue weighted by atomic mass is 9.79. The van der Waals surface area contributed by atoms with Crippen molar-refractivity contribution in [3.8, 4) is 0 Å². The van der Waals surface area contributed by atoms with Crippen molar-refractivity contribution in [2.24, 2.45) is 5.92 Å². The van der Waals surface area contributed by atoms with Crippen LogP contribution >= 0.6 is 11.8 Å². The Kier molecular flexibility index (Phi) is 4.41. The van der Waals surface area contributed by atoms with Gasteiger partial charge in [0.15, 0.2) is 5.78 Å². The van der Waals surface area contributed by atoms with Crippen molar-refractivity contribution in [3.05, 3.63) is 17.5 Å². The maximum Gasteiger partial charge on any atom is 0.184 e. The second-order valence-corrected chi connectivity index (χ2v) is 7.41. The minimum atomic E-state index is -0.0318. The van der Waals surface area contributed by atoms with Gasteiger partial charge in [0.1, 0.15) is 5.69 Å². The van der Waals surface area contributed by atoms with Crippen LogP contribution in [-0.2, 0) is 11.3 Å². The Morgan fingerprint density at radius 1 is 1.52 bits per heavy atom. The summed E-state index contributed by atoms with van der Waals surface area (Å²) in [4.78, 5) is 12.9. The van der Waals surface area contributed by atoms with E-state index in [1.165, 1.54) is 0 Å². The molecule has 0 N–H and O–H groups in total. The number of ketones is 1. The van der Waals surface area contributed by atoms with E-state index >= 15 is 0 Å². The highest BCUT2D eigenvalue weighted by atomic mass is 32.2. The lowest BCUT2D eigenvalue weighted by molar-refractivity contribution is -0.0960. The molecular weight excluding hydrogens is 284 g/mol. The Bertz CT molecular complexity index is 515. The van der Waals surface area contributed by atoms with Gasteiger partial charge in [-0.05, 0) is 57.1 Å². The molecule has 2 aliphatic rings. The van der Waals surface area contributed by atoms with Crippen LogP contribution in [0.4, 0.5) is 0 Å². The molecule has 3 rings (SSSR count). The first kappa shape index (κ1) is 15.1. The van der Waals surface area contributed by atoms with E-state index in [0.717, 1.165) is 61.7 Å². The number of nitrogens with zero attached hydrogens (tertiary/aromatic N) is 2. The summed E-state index contributed by atoms with van der Waals surface area (Å²) in [6, 6.07) is 1.94. The summed E-state index contributed by atoms with van der Waals surface area (Å²) in [5, 5.41) is 4.41. The average molecular weight is 308 g/mol. The fraction of sp³-hybridized carbons (Fsp3) is 0.750. The van der Waals surface area contributed by atoms with E-state index < -0.39 is 0 Å². The van der Waals surface area contributed by atoms with Gasteiger partial charge >= 0.3 is 0 Å². The lowest BCUT2D eigenvalue weighted by Crippen LogP contribution is -2.44. The van der Waals surface area contributed by atoms with Crippen LogP contribution in [0.15, 0.2) is 6.07 Å². The molecule has 1 aromatic heterocycles. The predicted molar refractivity (Wildman–Crippen MR) is 84.9 cm³/mol. The second-order valence-electron chi connectivity index (χ2n) is 6.18. The largest absolute Gasteiger partial charge is 0.375 e. The first-order chi connectivity index (χ1) is 10.1. The highest BCUT2D eigenvalue weighted by Crippen LogP contribution is 2.40. The number of Topliss-reactive ketones (excluding diaryl/α,β-unsaturated/α-hetero) is 1. The van der Waals surface area contributed by atoms with Crippen molar-refractivity contribution in [1.82, 2.24) is 9.78 Å². The Labute approximate surface area is 130 Å². The summed E-state index contributed by atoms with van der Waals surface area (Å²) in [6.07, 6.45) is 3.92. The van der Waals surface area contributed by atoms with Crippen molar-refractivity contribution < 1.29 is 9.53 Å². The molecule has 4 nitrogen and oxygen atoms in total. The summed E-state index contributed by atoms with van der Waals surface area (Å²) in [6.45, 7) is 5.46. The number of ether oxygens (including phenoxy) is 1. The van der Waals surface area contributed by atoms with E-state index in [0.29, 0.717) is 0 Å². The molecule has 5 heteroatoms. The van der Waals surface area contributed by atoms with Crippen molar-refractivity contribution in [2.45, 2.75) is 51.7 Å². The number of thioether (sulfide) groups is 1. The average Bonchev–Trinajstić information content (AvgIpc) is 2.88. The molecule has 0 aliphatic carbocycles. The minimum absolute atomic E-state index is 0.0318. The number of aryl methyl sites for hydroxylation is 2. The van der Waals surface area contributed by atoms with Crippen LogP contribution in [0.25, 0.3) is 0 Å². The van der Waals surface area contributed by atoms with Crippen LogP contribution in [-0.4, -0.2) is 39.3 Å². The van der Waals surface area contributed by atoms with E-state index in [9.17, 15) is 4.79 Å². The molecule has 116 valence electrons. The van der Waals surface area contributed by atoms with Crippen LogP contribution < -0.4 is 0 Å². The zero-order valence-corrected chi connectivity index (χ0v) is 13.7. The van der Waals surface area contributed by atoms with Gasteiger partial charge in [-0.1, -0.05) is 0 Å². The SMILES string of the molecule is CCn1nc(C)cc1C(=O)C1CCOC2(CCSCC2)C1. The smallest absolute Gasteiger partial charge is 0.184 e. The third-order valence-corrected chi connectivity index (χ3v) is 5.71. The van der Waals surface area contributed by atoms with E-state index in [4.69, 9.17) is 4.74 Å². The van der Waals surface area contributed by atoms with Gasteiger partial charge in [0.05, 0.1) is 11.3 Å². The molecular formula is C16H24N2O2S. The van der Waals surface area contributed by atoms with Gasteiger partial charge in [-0.25, -0.2) is 0 Å². The molecule has 0 saturated carbocycles. The molecule has 0 bridgehead atoms. The maximum absolute atomic E-state index is 12.9. The molecule has 0 radical (unpaired) electrons. The van der Waals surface area contributed by atoms with E-state index in [1.54, 1.807) is 0 Å². The first-order valence-corrected chi connectivity index (χ1v) is 9.09. The normalized spacial score (nSPS) is 25.1. The lowest BCUT2D eigenvalue weighted by Gasteiger charge is -2.42. The minimum Gasteiger partial charge on any atom is -0.375 e. The zero-order chi connectivity index (χ0) is 14.9. The summed E-state index contributed by atoms with van der Waals surface area (Å²) < 4.78 is 7.94. The molecule has 1 atom stereocenters. The van der Waals surface area contributed by atoms with Crippen LogP contribution in [0.2, 0.25) is 0 Å². The number of rotatable bonds is 3. The van der Waals surface area contributed by atoms with Gasteiger partial charge in [0.25, 0.3) is 0 Å². The molecule has 1 aromatic rings. The Morgan fingerprint density at radius 2 is 2.29 bits per heavy atom. The molecule has 2 aliphatic heterocycles. The topological polar surface area (TPSA) is 44.1 Å². The number of carbonyl (C=O) groups excluding carboxylic acids is 1. The van der Waals surface area contributed by atoms with Crippen molar-refractivity contribution in [1.29, 1.82) is 0 Å². The molecule has 3 heterocycles. The Morgan fingerprint density at radius 3 is 3.00 bits per heavy atom. The molecule has 2 fully saturated rings. The number of hydrogen-bond acceptors (Lipinski definition) is 4. The Balaban J connectivity index is 1.77. The second kappa shape index (κ2) is 6.13. The quantitative estimate of drug-likeness (QED) is 0.805. The third kappa shape index (κ3) is 3.04. The van der Waals surface area contributed by atoms with Crippen LogP contribution in [0.1, 0.15) is 48.8 Å². The third-order valence-electron chi connectivity index (χ3n) is 4.72. The summed E-state index contributed by atoms with van der Waals surface area (Å²) in [5.74, 6) is 2.68. The van der Waals surface area contributed by atoms with Crippen LogP contribution in [0.3, 0.4) is 0 Å². The zero-order valence-electron chi connectivity index (χ0n) is 12.9. The molecule has 0 amide bonds. The van der Waals surface area contributed by atoms with Crippen molar-refractivity contribution in [3.63, 3.8) is 0 Å². The van der Waals surface area contributed by atoms with Gasteiger partial charge in [-0.2, -0.15) is 16.9 Å². The summed E-state index contributed by atoms with van der Waals surface area (Å²) in [5.41, 5.74) is 1.67. The van der Waals surface area contributed by atoms with Gasteiger partial charge in [-0.15, -0.1) is 0 Å². The van der Waals surface area contributed by atoms with Gasteiger partial charge < -0.3 is 4.74 Å². The highest BCUT2D eigenvalue weighted by molar-refractivity contribution is 7.99.